The first-order valence-corrected chi connectivity index (χ1v) is 7.63. The Balaban J connectivity index is 1.82. The number of aromatic nitrogens is 3. The van der Waals surface area contributed by atoms with E-state index in [0.717, 1.165) is 11.1 Å². The molecule has 0 fully saturated rings. The molecular formula is C17H18N4O3. The predicted octanol–water partition coefficient (Wildman–Crippen LogP) is 1.99. The van der Waals surface area contributed by atoms with Crippen molar-refractivity contribution in [3.63, 3.8) is 0 Å². The lowest BCUT2D eigenvalue weighted by atomic mass is 10.1. The van der Waals surface area contributed by atoms with Crippen LogP contribution in [-0.4, -0.2) is 27.2 Å². The van der Waals surface area contributed by atoms with Gasteiger partial charge in [-0.05, 0) is 44.0 Å². The van der Waals surface area contributed by atoms with Crippen molar-refractivity contribution in [1.29, 1.82) is 0 Å². The highest BCUT2D eigenvalue weighted by molar-refractivity contribution is 5.93. The highest BCUT2D eigenvalue weighted by Gasteiger charge is 2.14. The predicted molar refractivity (Wildman–Crippen MR) is 89.0 cm³/mol. The van der Waals surface area contributed by atoms with Gasteiger partial charge in [-0.2, -0.15) is 5.10 Å². The summed E-state index contributed by atoms with van der Waals surface area (Å²) in [5, 5.41) is 7.24. The van der Waals surface area contributed by atoms with Crippen molar-refractivity contribution in [2.24, 2.45) is 0 Å². The topological polar surface area (TPSA) is 90.0 Å². The van der Waals surface area contributed by atoms with Crippen LogP contribution in [0.1, 0.15) is 34.6 Å². The van der Waals surface area contributed by atoms with Crippen molar-refractivity contribution in [3.05, 3.63) is 58.0 Å². The third-order valence-electron chi connectivity index (χ3n) is 4.01. The van der Waals surface area contributed by atoms with Crippen molar-refractivity contribution in [2.75, 3.05) is 6.54 Å². The molecule has 0 aliphatic rings. The average Bonchev–Trinajstić information content (AvgIpc) is 3.08. The third-order valence-corrected chi connectivity index (χ3v) is 4.01. The summed E-state index contributed by atoms with van der Waals surface area (Å²) < 4.78 is 7.26. The zero-order valence-corrected chi connectivity index (χ0v) is 13.7. The molecule has 1 unspecified atom stereocenters. The number of rotatable bonds is 4. The second-order valence-corrected chi connectivity index (χ2v) is 5.84. The van der Waals surface area contributed by atoms with E-state index in [2.05, 4.69) is 15.4 Å². The van der Waals surface area contributed by atoms with E-state index in [-0.39, 0.29) is 17.2 Å². The Morgan fingerprint density at radius 3 is 2.75 bits per heavy atom. The van der Waals surface area contributed by atoms with Crippen molar-refractivity contribution >= 4 is 16.9 Å². The van der Waals surface area contributed by atoms with Gasteiger partial charge in [-0.1, -0.05) is 0 Å². The molecular weight excluding hydrogens is 308 g/mol. The van der Waals surface area contributed by atoms with E-state index in [9.17, 15) is 9.59 Å². The van der Waals surface area contributed by atoms with E-state index in [0.29, 0.717) is 17.5 Å². The third kappa shape index (κ3) is 3.05. The number of hydrogen-bond donors (Lipinski definition) is 1. The van der Waals surface area contributed by atoms with Gasteiger partial charge in [0.2, 0.25) is 0 Å². The number of fused-ring (bicyclic) bond motifs is 1. The van der Waals surface area contributed by atoms with Crippen LogP contribution in [0.3, 0.4) is 0 Å². The van der Waals surface area contributed by atoms with Crippen LogP contribution in [0, 0.1) is 13.8 Å². The lowest BCUT2D eigenvalue weighted by Gasteiger charge is -2.12. The zero-order valence-electron chi connectivity index (χ0n) is 13.7. The minimum atomic E-state index is -0.431. The maximum Gasteiger partial charge on any atom is 0.287 e. The Hall–Kier alpha value is -2.96. The average molecular weight is 326 g/mol. The molecule has 2 heterocycles. The van der Waals surface area contributed by atoms with Gasteiger partial charge < -0.3 is 9.73 Å². The maximum atomic E-state index is 12.3. The molecule has 7 nitrogen and oxygen atoms in total. The molecule has 0 aliphatic heterocycles. The summed E-state index contributed by atoms with van der Waals surface area (Å²) in [7, 11) is 0. The van der Waals surface area contributed by atoms with E-state index >= 15 is 0 Å². The summed E-state index contributed by atoms with van der Waals surface area (Å²) in [6.07, 6.45) is 3.02. The number of aryl methyl sites for hydroxylation is 2. The van der Waals surface area contributed by atoms with E-state index in [1.54, 1.807) is 23.1 Å². The molecule has 2 aromatic heterocycles. The Labute approximate surface area is 138 Å². The van der Waals surface area contributed by atoms with Gasteiger partial charge in [-0.3, -0.25) is 9.59 Å². The fourth-order valence-electron chi connectivity index (χ4n) is 2.39. The summed E-state index contributed by atoms with van der Waals surface area (Å²) in [6, 6.07) is 4.73. The highest BCUT2D eigenvalue weighted by Crippen LogP contribution is 2.18. The molecule has 24 heavy (non-hydrogen) atoms. The minimum absolute atomic E-state index is 0.00143. The van der Waals surface area contributed by atoms with Crippen LogP contribution in [0.2, 0.25) is 0 Å². The van der Waals surface area contributed by atoms with Crippen LogP contribution in [0.4, 0.5) is 0 Å². The van der Waals surface area contributed by atoms with Gasteiger partial charge in [0.25, 0.3) is 5.91 Å². The molecule has 1 aromatic carbocycles. The smallest absolute Gasteiger partial charge is 0.287 e. The molecule has 0 saturated carbocycles. The number of hydrogen-bond acceptors (Lipinski definition) is 5. The Morgan fingerprint density at radius 1 is 1.29 bits per heavy atom. The van der Waals surface area contributed by atoms with Crippen molar-refractivity contribution < 1.29 is 9.21 Å². The largest absolute Gasteiger partial charge is 0.451 e. The number of nitrogens with one attached hydrogen (secondary N) is 1. The molecule has 124 valence electrons. The quantitative estimate of drug-likeness (QED) is 0.792. The van der Waals surface area contributed by atoms with Crippen LogP contribution in [0.25, 0.3) is 11.0 Å². The van der Waals surface area contributed by atoms with Gasteiger partial charge in [0.15, 0.2) is 11.2 Å². The SMILES string of the molecule is Cc1cc2oc(C(=O)NCC(C)n3cncn3)cc(=O)c2cc1C. The summed E-state index contributed by atoms with van der Waals surface area (Å²) in [6.45, 7) is 6.11. The molecule has 0 spiro atoms. The van der Waals surface area contributed by atoms with Gasteiger partial charge in [-0.25, -0.2) is 9.67 Å². The van der Waals surface area contributed by atoms with Gasteiger partial charge in [0, 0.05) is 12.6 Å². The van der Waals surface area contributed by atoms with Crippen LogP contribution in [-0.2, 0) is 0 Å². The first-order chi connectivity index (χ1) is 11.5. The van der Waals surface area contributed by atoms with Crippen molar-refractivity contribution in [3.8, 4) is 0 Å². The molecule has 0 bridgehead atoms. The first kappa shape index (κ1) is 15.9. The summed E-state index contributed by atoms with van der Waals surface area (Å²) in [4.78, 5) is 28.4. The van der Waals surface area contributed by atoms with E-state index in [4.69, 9.17) is 4.42 Å². The zero-order chi connectivity index (χ0) is 17.3. The minimum Gasteiger partial charge on any atom is -0.451 e. The van der Waals surface area contributed by atoms with E-state index in [1.165, 1.54) is 12.4 Å². The molecule has 1 amide bonds. The molecule has 1 N–H and O–H groups in total. The molecule has 3 aromatic rings. The van der Waals surface area contributed by atoms with Crippen LogP contribution in [0.5, 0.6) is 0 Å². The summed E-state index contributed by atoms with van der Waals surface area (Å²) in [5.41, 5.74) is 2.20. The first-order valence-electron chi connectivity index (χ1n) is 7.63. The molecule has 0 saturated heterocycles. The summed E-state index contributed by atoms with van der Waals surface area (Å²) in [5.74, 6) is -0.430. The second-order valence-electron chi connectivity index (χ2n) is 5.84. The molecule has 3 rings (SSSR count). The lowest BCUT2D eigenvalue weighted by Crippen LogP contribution is -2.30. The van der Waals surface area contributed by atoms with Crippen LogP contribution >= 0.6 is 0 Å². The van der Waals surface area contributed by atoms with Gasteiger partial charge in [0.05, 0.1) is 11.4 Å². The Morgan fingerprint density at radius 2 is 2.04 bits per heavy atom. The number of benzene rings is 1. The van der Waals surface area contributed by atoms with Gasteiger partial charge in [0.1, 0.15) is 18.2 Å². The van der Waals surface area contributed by atoms with Gasteiger partial charge >= 0.3 is 0 Å². The van der Waals surface area contributed by atoms with Crippen molar-refractivity contribution in [1.82, 2.24) is 20.1 Å². The van der Waals surface area contributed by atoms with Crippen LogP contribution < -0.4 is 10.7 Å². The number of carbonyl (C=O) groups excluding carboxylic acids is 1. The molecule has 7 heteroatoms. The fraction of sp³-hybridized carbons (Fsp3) is 0.294. The maximum absolute atomic E-state index is 12.3. The van der Waals surface area contributed by atoms with Crippen LogP contribution in [0.15, 0.2) is 40.1 Å². The molecule has 1 atom stereocenters. The standard InChI is InChI=1S/C17H18N4O3/c1-10-4-13-14(22)6-16(24-15(13)5-11(10)2)17(23)19-7-12(3)21-9-18-8-20-21/h4-6,8-9,12H,7H2,1-3H3,(H,19,23). The monoisotopic (exact) mass is 326 g/mol. The number of amides is 1. The highest BCUT2D eigenvalue weighted by atomic mass is 16.3. The van der Waals surface area contributed by atoms with E-state index < -0.39 is 5.91 Å². The fourth-order valence-corrected chi connectivity index (χ4v) is 2.39. The Kier molecular flexibility index (Phi) is 4.16. The second kappa shape index (κ2) is 6.27. The number of carbonyl (C=O) groups is 1. The molecule has 0 aliphatic carbocycles. The van der Waals surface area contributed by atoms with Gasteiger partial charge in [-0.15, -0.1) is 0 Å². The van der Waals surface area contributed by atoms with E-state index in [1.807, 2.05) is 20.8 Å². The molecule has 0 radical (unpaired) electrons. The number of nitrogens with zero attached hydrogens (tertiary/aromatic N) is 3. The normalized spacial score (nSPS) is 12.3. The summed E-state index contributed by atoms with van der Waals surface area (Å²) >= 11 is 0. The van der Waals surface area contributed by atoms with Crippen molar-refractivity contribution in [2.45, 2.75) is 26.8 Å². The Bertz CT molecular complexity index is 944. The lowest BCUT2D eigenvalue weighted by molar-refractivity contribution is 0.0920.